The van der Waals surface area contributed by atoms with E-state index in [1.54, 1.807) is 31.4 Å². The molecule has 0 heterocycles. The zero-order valence-electron chi connectivity index (χ0n) is 11.4. The fourth-order valence-electron chi connectivity index (χ4n) is 1.66. The monoisotopic (exact) mass is 309 g/mol. The summed E-state index contributed by atoms with van der Waals surface area (Å²) in [6, 6.07) is 9.26. The van der Waals surface area contributed by atoms with E-state index in [-0.39, 0.29) is 22.4 Å². The molecule has 0 unspecified atom stereocenters. The number of hydrogen-bond acceptors (Lipinski definition) is 3. The molecule has 0 aliphatic heterocycles. The molecule has 0 saturated carbocycles. The Labute approximate surface area is 126 Å². The number of hydrogen-bond donors (Lipinski definition) is 1. The maximum Gasteiger partial charge on any atom is 0.221 e. The lowest BCUT2D eigenvalue weighted by atomic mass is 10.2. The highest BCUT2D eigenvalue weighted by atomic mass is 35.5. The number of nitrogens with one attached hydrogen (secondary N) is 1. The minimum Gasteiger partial charge on any atom is -0.497 e. The first-order valence-corrected chi connectivity index (χ1v) is 6.46. The molecule has 2 rings (SSSR count). The van der Waals surface area contributed by atoms with Gasteiger partial charge in [0.2, 0.25) is 5.91 Å². The van der Waals surface area contributed by atoms with Gasteiger partial charge < -0.3 is 14.8 Å². The molecule has 0 fully saturated rings. The zero-order chi connectivity index (χ0) is 15.4. The van der Waals surface area contributed by atoms with E-state index in [2.05, 4.69) is 5.32 Å². The number of carbonyl (C=O) groups excluding carboxylic acids is 1. The van der Waals surface area contributed by atoms with Gasteiger partial charge in [-0.25, -0.2) is 4.39 Å². The molecule has 1 N–H and O–H groups in total. The topological polar surface area (TPSA) is 47.6 Å². The fraction of sp³-hybridized carbons (Fsp3) is 0.133. The van der Waals surface area contributed by atoms with Crippen LogP contribution >= 0.6 is 11.6 Å². The molecule has 0 radical (unpaired) electrons. The lowest BCUT2D eigenvalue weighted by Gasteiger charge is -2.11. The molecule has 0 aliphatic rings. The summed E-state index contributed by atoms with van der Waals surface area (Å²) in [6.07, 6.45) is 0. The average molecular weight is 310 g/mol. The van der Waals surface area contributed by atoms with Crippen LogP contribution in [0.1, 0.15) is 6.92 Å². The molecule has 0 aliphatic carbocycles. The molecule has 2 aromatic carbocycles. The minimum atomic E-state index is -0.628. The van der Waals surface area contributed by atoms with Crippen molar-refractivity contribution in [3.8, 4) is 17.2 Å². The van der Waals surface area contributed by atoms with Crippen molar-refractivity contribution in [1.82, 2.24) is 0 Å². The van der Waals surface area contributed by atoms with Crippen LogP contribution in [-0.4, -0.2) is 13.0 Å². The number of anilines is 1. The lowest BCUT2D eigenvalue weighted by molar-refractivity contribution is -0.114. The lowest BCUT2D eigenvalue weighted by Crippen LogP contribution is -2.07. The van der Waals surface area contributed by atoms with Gasteiger partial charge in [-0.2, -0.15) is 0 Å². The molecule has 4 nitrogen and oxygen atoms in total. The van der Waals surface area contributed by atoms with Crippen molar-refractivity contribution in [2.75, 3.05) is 12.4 Å². The average Bonchev–Trinajstić information content (AvgIpc) is 2.44. The maximum absolute atomic E-state index is 13.7. The van der Waals surface area contributed by atoms with Crippen molar-refractivity contribution in [3.63, 3.8) is 0 Å². The van der Waals surface area contributed by atoms with E-state index in [1.165, 1.54) is 13.0 Å². The first kappa shape index (κ1) is 15.1. The molecule has 2 aromatic rings. The van der Waals surface area contributed by atoms with Crippen molar-refractivity contribution >= 4 is 23.2 Å². The van der Waals surface area contributed by atoms with Gasteiger partial charge >= 0.3 is 0 Å². The highest BCUT2D eigenvalue weighted by molar-refractivity contribution is 6.32. The summed E-state index contributed by atoms with van der Waals surface area (Å²) in [7, 11) is 1.56. The quantitative estimate of drug-likeness (QED) is 0.919. The second-order valence-corrected chi connectivity index (χ2v) is 4.63. The van der Waals surface area contributed by atoms with E-state index in [4.69, 9.17) is 21.1 Å². The first-order valence-electron chi connectivity index (χ1n) is 6.08. The number of carbonyl (C=O) groups is 1. The summed E-state index contributed by atoms with van der Waals surface area (Å²) in [5, 5.41) is 2.48. The highest BCUT2D eigenvalue weighted by Gasteiger charge is 2.11. The number of methoxy groups -OCH3 is 1. The molecule has 0 aromatic heterocycles. The van der Waals surface area contributed by atoms with Gasteiger partial charge in [0.05, 0.1) is 17.8 Å². The van der Waals surface area contributed by atoms with E-state index < -0.39 is 5.82 Å². The van der Waals surface area contributed by atoms with E-state index in [1.807, 2.05) is 0 Å². The third-order valence-corrected chi connectivity index (χ3v) is 2.91. The molecular formula is C15H13ClFNO3. The van der Waals surface area contributed by atoms with Crippen LogP contribution in [-0.2, 0) is 4.79 Å². The Morgan fingerprint density at radius 2 is 1.81 bits per heavy atom. The summed E-state index contributed by atoms with van der Waals surface area (Å²) in [5.74, 6) is 0.431. The van der Waals surface area contributed by atoms with Crippen LogP contribution in [0.15, 0.2) is 36.4 Å². The number of halogens is 2. The molecule has 0 atom stereocenters. The summed E-state index contributed by atoms with van der Waals surface area (Å²) in [6.45, 7) is 1.29. The third-order valence-electron chi connectivity index (χ3n) is 2.62. The van der Waals surface area contributed by atoms with Crippen LogP contribution in [0.2, 0.25) is 5.02 Å². The highest BCUT2D eigenvalue weighted by Crippen LogP contribution is 2.34. The molecule has 0 saturated heterocycles. The zero-order valence-corrected chi connectivity index (χ0v) is 12.2. The Kier molecular flexibility index (Phi) is 4.65. The fourth-order valence-corrected chi connectivity index (χ4v) is 1.85. The van der Waals surface area contributed by atoms with Crippen LogP contribution in [0.3, 0.4) is 0 Å². The second-order valence-electron chi connectivity index (χ2n) is 4.22. The van der Waals surface area contributed by atoms with Crippen LogP contribution in [0.4, 0.5) is 10.1 Å². The normalized spacial score (nSPS) is 10.1. The van der Waals surface area contributed by atoms with E-state index in [0.717, 1.165) is 6.07 Å². The maximum atomic E-state index is 13.7. The summed E-state index contributed by atoms with van der Waals surface area (Å²) in [5.41, 5.74) is 0.00964. The summed E-state index contributed by atoms with van der Waals surface area (Å²) in [4.78, 5) is 11.0. The SMILES string of the molecule is COc1ccc(Oc2cc(NC(C)=O)c(F)cc2Cl)cc1. The predicted octanol–water partition coefficient (Wildman–Crippen LogP) is 4.24. The molecular weight excluding hydrogens is 297 g/mol. The molecule has 21 heavy (non-hydrogen) atoms. The Morgan fingerprint density at radius 1 is 1.19 bits per heavy atom. The Hall–Kier alpha value is -2.27. The van der Waals surface area contributed by atoms with Gasteiger partial charge in [-0.1, -0.05) is 11.6 Å². The standard InChI is InChI=1S/C15H13ClFNO3/c1-9(19)18-14-8-15(12(16)7-13(14)17)21-11-5-3-10(20-2)4-6-11/h3-8H,1-2H3,(H,18,19). The van der Waals surface area contributed by atoms with Crippen LogP contribution in [0.5, 0.6) is 17.2 Å². The molecule has 0 bridgehead atoms. The van der Waals surface area contributed by atoms with E-state index in [0.29, 0.717) is 11.5 Å². The molecule has 0 spiro atoms. The first-order chi connectivity index (χ1) is 9.99. The third kappa shape index (κ3) is 3.86. The van der Waals surface area contributed by atoms with Crippen molar-refractivity contribution in [3.05, 3.63) is 47.2 Å². The number of amides is 1. The molecule has 6 heteroatoms. The Morgan fingerprint density at radius 3 is 2.38 bits per heavy atom. The van der Waals surface area contributed by atoms with Gasteiger partial charge in [-0.3, -0.25) is 4.79 Å². The van der Waals surface area contributed by atoms with Gasteiger partial charge in [-0.15, -0.1) is 0 Å². The Bertz CT molecular complexity index is 659. The number of rotatable bonds is 4. The van der Waals surface area contributed by atoms with Crippen molar-refractivity contribution in [2.45, 2.75) is 6.92 Å². The summed E-state index contributed by atoms with van der Waals surface area (Å²) >= 11 is 5.94. The Balaban J connectivity index is 2.27. The van der Waals surface area contributed by atoms with E-state index in [9.17, 15) is 9.18 Å². The molecule has 1 amide bonds. The van der Waals surface area contributed by atoms with Gasteiger partial charge in [0.1, 0.15) is 23.1 Å². The number of benzene rings is 2. The smallest absolute Gasteiger partial charge is 0.221 e. The van der Waals surface area contributed by atoms with Crippen molar-refractivity contribution < 1.29 is 18.7 Å². The van der Waals surface area contributed by atoms with Crippen molar-refractivity contribution in [1.29, 1.82) is 0 Å². The minimum absolute atomic E-state index is 0.00964. The van der Waals surface area contributed by atoms with Crippen LogP contribution < -0.4 is 14.8 Å². The van der Waals surface area contributed by atoms with Crippen LogP contribution in [0, 0.1) is 5.82 Å². The summed E-state index contributed by atoms with van der Waals surface area (Å²) < 4.78 is 24.3. The van der Waals surface area contributed by atoms with Gasteiger partial charge in [0.25, 0.3) is 0 Å². The van der Waals surface area contributed by atoms with Crippen LogP contribution in [0.25, 0.3) is 0 Å². The second kappa shape index (κ2) is 6.45. The van der Waals surface area contributed by atoms with Crippen molar-refractivity contribution in [2.24, 2.45) is 0 Å². The van der Waals surface area contributed by atoms with Gasteiger partial charge in [0.15, 0.2) is 0 Å². The van der Waals surface area contributed by atoms with Gasteiger partial charge in [0, 0.05) is 13.0 Å². The largest absolute Gasteiger partial charge is 0.497 e. The van der Waals surface area contributed by atoms with Gasteiger partial charge in [-0.05, 0) is 30.3 Å². The predicted molar refractivity (Wildman–Crippen MR) is 78.8 cm³/mol. The number of ether oxygens (including phenoxy) is 2. The molecule has 110 valence electrons. The van der Waals surface area contributed by atoms with E-state index >= 15 is 0 Å².